The summed E-state index contributed by atoms with van der Waals surface area (Å²) in [7, 11) is 0. The molecule has 18 heavy (non-hydrogen) atoms. The predicted octanol–water partition coefficient (Wildman–Crippen LogP) is 2.41. The van der Waals surface area contributed by atoms with Crippen LogP contribution in [0.2, 0.25) is 0 Å². The van der Waals surface area contributed by atoms with E-state index in [1.165, 1.54) is 5.56 Å². The average molecular weight is 248 g/mol. The lowest BCUT2D eigenvalue weighted by molar-refractivity contribution is -0.125. The molecule has 3 nitrogen and oxygen atoms in total. The number of nitrogens with one attached hydrogen (secondary N) is 1. The minimum atomic E-state index is -0.0210. The molecule has 2 atom stereocenters. The molecule has 1 aromatic rings. The molecule has 0 spiro atoms. The van der Waals surface area contributed by atoms with Crippen LogP contribution in [0, 0.1) is 5.92 Å². The van der Waals surface area contributed by atoms with Crippen molar-refractivity contribution in [3.05, 3.63) is 35.4 Å². The zero-order chi connectivity index (χ0) is 13.5. The third kappa shape index (κ3) is 4.15. The number of amides is 1. The van der Waals surface area contributed by atoms with Gasteiger partial charge >= 0.3 is 0 Å². The average Bonchev–Trinajstić information content (AvgIpc) is 2.39. The first kappa shape index (κ1) is 14.7. The van der Waals surface area contributed by atoms with E-state index >= 15 is 0 Å². The summed E-state index contributed by atoms with van der Waals surface area (Å²) in [5.74, 6) is 0.0554. The molecule has 0 saturated heterocycles. The zero-order valence-electron chi connectivity index (χ0n) is 11.6. The molecular formula is C15H24N2O. The second kappa shape index (κ2) is 7.17. The Labute approximate surface area is 110 Å². The van der Waals surface area contributed by atoms with Crippen LogP contribution in [-0.4, -0.2) is 12.5 Å². The summed E-state index contributed by atoms with van der Waals surface area (Å²) >= 11 is 0. The summed E-state index contributed by atoms with van der Waals surface area (Å²) in [4.78, 5) is 11.9. The van der Waals surface area contributed by atoms with Crippen LogP contribution in [0.15, 0.2) is 24.3 Å². The molecule has 1 amide bonds. The van der Waals surface area contributed by atoms with Gasteiger partial charge in [-0.25, -0.2) is 0 Å². The highest BCUT2D eigenvalue weighted by molar-refractivity contribution is 5.78. The molecule has 0 bridgehead atoms. The van der Waals surface area contributed by atoms with Crippen LogP contribution < -0.4 is 11.1 Å². The van der Waals surface area contributed by atoms with Crippen LogP contribution in [0.4, 0.5) is 0 Å². The molecular weight excluding hydrogens is 224 g/mol. The molecule has 0 aromatic heterocycles. The fourth-order valence-electron chi connectivity index (χ4n) is 1.86. The molecule has 1 rings (SSSR count). The monoisotopic (exact) mass is 248 g/mol. The Balaban J connectivity index is 2.58. The van der Waals surface area contributed by atoms with Crippen LogP contribution in [0.5, 0.6) is 0 Å². The maximum absolute atomic E-state index is 11.9. The van der Waals surface area contributed by atoms with Crippen molar-refractivity contribution in [3.8, 4) is 0 Å². The van der Waals surface area contributed by atoms with Gasteiger partial charge in [0.05, 0.1) is 6.04 Å². The predicted molar refractivity (Wildman–Crippen MR) is 75.2 cm³/mol. The first-order valence-corrected chi connectivity index (χ1v) is 6.67. The van der Waals surface area contributed by atoms with Gasteiger partial charge in [0, 0.05) is 5.92 Å². The van der Waals surface area contributed by atoms with Crippen molar-refractivity contribution < 1.29 is 4.79 Å². The van der Waals surface area contributed by atoms with E-state index < -0.39 is 0 Å². The second-order valence-corrected chi connectivity index (χ2v) is 4.80. The molecule has 3 heteroatoms. The standard InChI is InChI=1S/C15H24N2O/c1-4-13-5-7-14(8-6-13)12(3)17-15(18)11(2)9-10-16/h5-8,11-12H,4,9-10,16H2,1-3H3,(H,17,18). The van der Waals surface area contributed by atoms with E-state index in [4.69, 9.17) is 5.73 Å². The zero-order valence-corrected chi connectivity index (χ0v) is 11.6. The minimum absolute atomic E-state index is 0.0210. The quantitative estimate of drug-likeness (QED) is 0.812. The molecule has 0 aliphatic carbocycles. The van der Waals surface area contributed by atoms with Gasteiger partial charge in [-0.3, -0.25) is 4.79 Å². The van der Waals surface area contributed by atoms with E-state index in [2.05, 4.69) is 36.5 Å². The molecule has 0 saturated carbocycles. The Morgan fingerprint density at radius 2 is 1.89 bits per heavy atom. The normalized spacial score (nSPS) is 14.0. The lowest BCUT2D eigenvalue weighted by atomic mass is 10.0. The number of hydrogen-bond donors (Lipinski definition) is 2. The third-order valence-electron chi connectivity index (χ3n) is 3.29. The fourth-order valence-corrected chi connectivity index (χ4v) is 1.86. The van der Waals surface area contributed by atoms with Gasteiger partial charge in [-0.15, -0.1) is 0 Å². The number of benzene rings is 1. The molecule has 0 heterocycles. The molecule has 3 N–H and O–H groups in total. The number of rotatable bonds is 6. The molecule has 100 valence electrons. The molecule has 0 aliphatic rings. The fraction of sp³-hybridized carbons (Fsp3) is 0.533. The van der Waals surface area contributed by atoms with Crippen molar-refractivity contribution in [1.29, 1.82) is 0 Å². The van der Waals surface area contributed by atoms with Crippen molar-refractivity contribution in [2.45, 2.75) is 39.7 Å². The van der Waals surface area contributed by atoms with E-state index in [0.29, 0.717) is 6.54 Å². The van der Waals surface area contributed by atoms with Gasteiger partial charge in [0.1, 0.15) is 0 Å². The summed E-state index contributed by atoms with van der Waals surface area (Å²) in [5.41, 5.74) is 7.91. The summed E-state index contributed by atoms with van der Waals surface area (Å²) in [6.45, 7) is 6.60. The van der Waals surface area contributed by atoms with Gasteiger partial charge in [0.25, 0.3) is 0 Å². The van der Waals surface area contributed by atoms with Crippen LogP contribution in [0.1, 0.15) is 44.4 Å². The van der Waals surface area contributed by atoms with E-state index in [9.17, 15) is 4.79 Å². The number of aryl methyl sites for hydroxylation is 1. The Kier molecular flexibility index (Phi) is 5.86. The van der Waals surface area contributed by atoms with E-state index in [0.717, 1.165) is 18.4 Å². The van der Waals surface area contributed by atoms with Gasteiger partial charge in [0.15, 0.2) is 0 Å². The maximum atomic E-state index is 11.9. The second-order valence-electron chi connectivity index (χ2n) is 4.80. The van der Waals surface area contributed by atoms with Crippen LogP contribution in [-0.2, 0) is 11.2 Å². The summed E-state index contributed by atoms with van der Waals surface area (Å²) in [5, 5.41) is 3.02. The van der Waals surface area contributed by atoms with Crippen molar-refractivity contribution in [2.75, 3.05) is 6.54 Å². The highest BCUT2D eigenvalue weighted by Gasteiger charge is 2.15. The van der Waals surface area contributed by atoms with Gasteiger partial charge < -0.3 is 11.1 Å². The van der Waals surface area contributed by atoms with Gasteiger partial charge in [-0.05, 0) is 37.4 Å². The molecule has 2 unspecified atom stereocenters. The molecule has 0 aliphatic heterocycles. The van der Waals surface area contributed by atoms with Gasteiger partial charge in [0.2, 0.25) is 5.91 Å². The van der Waals surface area contributed by atoms with Crippen molar-refractivity contribution in [1.82, 2.24) is 5.32 Å². The Morgan fingerprint density at radius 3 is 2.39 bits per heavy atom. The highest BCUT2D eigenvalue weighted by atomic mass is 16.1. The largest absolute Gasteiger partial charge is 0.349 e. The Hall–Kier alpha value is -1.35. The third-order valence-corrected chi connectivity index (χ3v) is 3.29. The lowest BCUT2D eigenvalue weighted by Gasteiger charge is -2.17. The van der Waals surface area contributed by atoms with Crippen molar-refractivity contribution in [2.24, 2.45) is 11.7 Å². The first-order valence-electron chi connectivity index (χ1n) is 6.67. The van der Waals surface area contributed by atoms with Crippen molar-refractivity contribution in [3.63, 3.8) is 0 Å². The smallest absolute Gasteiger partial charge is 0.223 e. The van der Waals surface area contributed by atoms with Gasteiger partial charge in [-0.1, -0.05) is 38.1 Å². The number of carbonyl (C=O) groups excluding carboxylic acids is 1. The summed E-state index contributed by atoms with van der Waals surface area (Å²) in [6.07, 6.45) is 1.77. The van der Waals surface area contributed by atoms with E-state index in [-0.39, 0.29) is 17.9 Å². The number of carbonyl (C=O) groups is 1. The van der Waals surface area contributed by atoms with Crippen LogP contribution in [0.3, 0.4) is 0 Å². The minimum Gasteiger partial charge on any atom is -0.349 e. The molecule has 1 aromatic carbocycles. The lowest BCUT2D eigenvalue weighted by Crippen LogP contribution is -2.32. The SMILES string of the molecule is CCc1ccc(C(C)NC(=O)C(C)CCN)cc1. The topological polar surface area (TPSA) is 55.1 Å². The maximum Gasteiger partial charge on any atom is 0.223 e. The summed E-state index contributed by atoms with van der Waals surface area (Å²) in [6, 6.07) is 8.43. The van der Waals surface area contributed by atoms with Crippen LogP contribution in [0.25, 0.3) is 0 Å². The molecule has 0 fully saturated rings. The van der Waals surface area contributed by atoms with Gasteiger partial charge in [-0.2, -0.15) is 0 Å². The van der Waals surface area contributed by atoms with E-state index in [1.54, 1.807) is 0 Å². The van der Waals surface area contributed by atoms with E-state index in [1.807, 2.05) is 13.8 Å². The first-order chi connectivity index (χ1) is 8.58. The van der Waals surface area contributed by atoms with Crippen LogP contribution >= 0.6 is 0 Å². The number of hydrogen-bond acceptors (Lipinski definition) is 2. The Bertz CT molecular complexity index is 373. The molecule has 0 radical (unpaired) electrons. The summed E-state index contributed by atoms with van der Waals surface area (Å²) < 4.78 is 0. The highest BCUT2D eigenvalue weighted by Crippen LogP contribution is 2.14. The van der Waals surface area contributed by atoms with Crippen molar-refractivity contribution >= 4 is 5.91 Å². The number of nitrogens with two attached hydrogens (primary N) is 1. The Morgan fingerprint density at radius 1 is 1.28 bits per heavy atom.